The van der Waals surface area contributed by atoms with E-state index in [9.17, 15) is 4.39 Å². The third-order valence-electron chi connectivity index (χ3n) is 2.96. The van der Waals surface area contributed by atoms with E-state index in [-0.39, 0.29) is 5.82 Å². The van der Waals surface area contributed by atoms with Crippen LogP contribution in [0.1, 0.15) is 13.3 Å². The smallest absolute Gasteiger partial charge is 0.139 e. The van der Waals surface area contributed by atoms with E-state index >= 15 is 0 Å². The normalized spacial score (nSPS) is 20.5. The molecule has 2 nitrogen and oxygen atoms in total. The number of fused-ring (bicyclic) bond motifs is 1. The molecule has 2 rings (SSSR count). The van der Waals surface area contributed by atoms with Crippen LogP contribution in [0.4, 0.5) is 15.8 Å². The maximum absolute atomic E-state index is 13.4. The average Bonchev–Trinajstić information content (AvgIpc) is 2.32. The Balaban J connectivity index is 2.49. The summed E-state index contributed by atoms with van der Waals surface area (Å²) < 4.78 is 13.9. The fourth-order valence-electron chi connectivity index (χ4n) is 1.82. The van der Waals surface area contributed by atoms with Gasteiger partial charge in [-0.1, -0.05) is 0 Å². The molecule has 82 valence electrons. The van der Waals surface area contributed by atoms with Crippen LogP contribution in [0.3, 0.4) is 0 Å². The molecule has 1 aliphatic heterocycles. The number of hydrogen-bond acceptors (Lipinski definition) is 2. The van der Waals surface area contributed by atoms with Crippen LogP contribution in [0.15, 0.2) is 16.6 Å². The molecule has 15 heavy (non-hydrogen) atoms. The molecule has 0 radical (unpaired) electrons. The van der Waals surface area contributed by atoms with Gasteiger partial charge >= 0.3 is 0 Å². The molecule has 0 saturated heterocycles. The van der Waals surface area contributed by atoms with Crippen molar-refractivity contribution in [2.45, 2.75) is 19.4 Å². The van der Waals surface area contributed by atoms with Crippen LogP contribution < -0.4 is 10.2 Å². The van der Waals surface area contributed by atoms with Crippen LogP contribution in [0.5, 0.6) is 0 Å². The molecule has 0 aromatic heterocycles. The van der Waals surface area contributed by atoms with E-state index in [0.717, 1.165) is 24.3 Å². The molecule has 1 heterocycles. The lowest BCUT2D eigenvalue weighted by Gasteiger charge is -2.25. The summed E-state index contributed by atoms with van der Waals surface area (Å²) in [6, 6.07) is 3.85. The average molecular weight is 273 g/mol. The minimum atomic E-state index is -0.218. The number of nitrogens with one attached hydrogen (secondary N) is 1. The van der Waals surface area contributed by atoms with Crippen molar-refractivity contribution < 1.29 is 4.39 Å². The highest BCUT2D eigenvalue weighted by atomic mass is 79.9. The van der Waals surface area contributed by atoms with E-state index in [1.807, 2.05) is 13.1 Å². The van der Waals surface area contributed by atoms with Crippen molar-refractivity contribution >= 4 is 27.3 Å². The molecule has 1 N–H and O–H groups in total. The summed E-state index contributed by atoms with van der Waals surface area (Å²) in [5.41, 5.74) is 1.93. The topological polar surface area (TPSA) is 15.3 Å². The Morgan fingerprint density at radius 3 is 3.00 bits per heavy atom. The van der Waals surface area contributed by atoms with E-state index in [0.29, 0.717) is 10.5 Å². The lowest BCUT2D eigenvalue weighted by Crippen LogP contribution is -2.28. The Bertz CT molecular complexity index is 381. The van der Waals surface area contributed by atoms with Crippen molar-refractivity contribution in [3.63, 3.8) is 0 Å². The second kappa shape index (κ2) is 4.00. The van der Waals surface area contributed by atoms with Gasteiger partial charge in [0.2, 0.25) is 0 Å². The van der Waals surface area contributed by atoms with Crippen LogP contribution in [0, 0.1) is 5.82 Å². The molecule has 0 amide bonds. The zero-order valence-corrected chi connectivity index (χ0v) is 10.4. The minimum absolute atomic E-state index is 0.218. The van der Waals surface area contributed by atoms with Crippen molar-refractivity contribution in [1.29, 1.82) is 0 Å². The Labute approximate surface area is 97.6 Å². The number of halogens is 2. The Morgan fingerprint density at radius 2 is 2.27 bits per heavy atom. The maximum Gasteiger partial charge on any atom is 0.139 e. The van der Waals surface area contributed by atoms with Gasteiger partial charge in [-0.15, -0.1) is 0 Å². The molecule has 0 aliphatic carbocycles. The monoisotopic (exact) mass is 272 g/mol. The van der Waals surface area contributed by atoms with Crippen molar-refractivity contribution in [1.82, 2.24) is 0 Å². The summed E-state index contributed by atoms with van der Waals surface area (Å²) in [7, 11) is 2.04. The highest BCUT2D eigenvalue weighted by molar-refractivity contribution is 9.10. The van der Waals surface area contributed by atoms with Gasteiger partial charge < -0.3 is 10.2 Å². The number of hydrogen-bond donors (Lipinski definition) is 1. The first-order valence-corrected chi connectivity index (χ1v) is 5.84. The van der Waals surface area contributed by atoms with Crippen molar-refractivity contribution in [3.8, 4) is 0 Å². The molecule has 0 bridgehead atoms. The summed E-state index contributed by atoms with van der Waals surface area (Å²) in [5.74, 6) is -0.218. The zero-order valence-electron chi connectivity index (χ0n) is 8.85. The van der Waals surface area contributed by atoms with Gasteiger partial charge in [0, 0.05) is 25.7 Å². The first-order valence-electron chi connectivity index (χ1n) is 5.05. The van der Waals surface area contributed by atoms with Crippen molar-refractivity contribution in [2.24, 2.45) is 0 Å². The van der Waals surface area contributed by atoms with Crippen LogP contribution in [0.2, 0.25) is 0 Å². The lowest BCUT2D eigenvalue weighted by atomic mass is 10.2. The van der Waals surface area contributed by atoms with Crippen LogP contribution in [-0.2, 0) is 0 Å². The molecule has 0 spiro atoms. The molecular formula is C11H14BrFN2. The van der Waals surface area contributed by atoms with E-state index in [4.69, 9.17) is 0 Å². The predicted octanol–water partition coefficient (Wildman–Crippen LogP) is 3.23. The van der Waals surface area contributed by atoms with Gasteiger partial charge in [0.05, 0.1) is 15.8 Å². The first kappa shape index (κ1) is 10.7. The summed E-state index contributed by atoms with van der Waals surface area (Å²) in [6.07, 6.45) is 1.06. The molecule has 1 aromatic carbocycles. The van der Waals surface area contributed by atoms with E-state index < -0.39 is 0 Å². The zero-order chi connectivity index (χ0) is 11.0. The highest BCUT2D eigenvalue weighted by Crippen LogP contribution is 2.34. The highest BCUT2D eigenvalue weighted by Gasteiger charge is 2.19. The molecule has 0 fully saturated rings. The second-order valence-electron chi connectivity index (χ2n) is 3.96. The van der Waals surface area contributed by atoms with Gasteiger partial charge in [-0.3, -0.25) is 0 Å². The van der Waals surface area contributed by atoms with E-state index in [1.165, 1.54) is 0 Å². The molecule has 1 unspecified atom stereocenters. The Kier molecular flexibility index (Phi) is 2.87. The molecule has 0 saturated carbocycles. The van der Waals surface area contributed by atoms with Crippen molar-refractivity contribution in [3.05, 3.63) is 22.4 Å². The summed E-state index contributed by atoms with van der Waals surface area (Å²) >= 11 is 3.22. The Morgan fingerprint density at radius 1 is 1.53 bits per heavy atom. The van der Waals surface area contributed by atoms with Gasteiger partial charge in [0.1, 0.15) is 5.82 Å². The maximum atomic E-state index is 13.4. The van der Waals surface area contributed by atoms with E-state index in [2.05, 4.69) is 33.1 Å². The third kappa shape index (κ3) is 1.95. The number of anilines is 2. The molecule has 1 atom stereocenters. The molecule has 4 heteroatoms. The molecule has 1 aromatic rings. The number of nitrogens with zero attached hydrogens (tertiary/aromatic N) is 1. The largest absolute Gasteiger partial charge is 0.383 e. The fraction of sp³-hybridized carbons (Fsp3) is 0.455. The van der Waals surface area contributed by atoms with Gasteiger partial charge in [0.25, 0.3) is 0 Å². The lowest BCUT2D eigenvalue weighted by molar-refractivity contribution is 0.621. The number of rotatable bonds is 0. The summed E-state index contributed by atoms with van der Waals surface area (Å²) in [6.45, 7) is 3.06. The quantitative estimate of drug-likeness (QED) is 0.780. The Hall–Kier alpha value is -0.770. The second-order valence-corrected chi connectivity index (χ2v) is 4.81. The van der Waals surface area contributed by atoms with Gasteiger partial charge in [-0.05, 0) is 35.3 Å². The van der Waals surface area contributed by atoms with Crippen LogP contribution >= 0.6 is 15.9 Å². The van der Waals surface area contributed by atoms with Gasteiger partial charge in [-0.2, -0.15) is 0 Å². The van der Waals surface area contributed by atoms with E-state index in [1.54, 1.807) is 6.07 Å². The SMILES string of the molecule is CC1CCNc2cc(F)c(Br)cc2N1C. The predicted molar refractivity (Wildman–Crippen MR) is 65.1 cm³/mol. The van der Waals surface area contributed by atoms with Crippen LogP contribution in [-0.4, -0.2) is 19.6 Å². The standard InChI is InChI=1S/C11H14BrFN2/c1-7-3-4-14-10-6-9(13)8(12)5-11(10)15(7)2/h5-7,14H,3-4H2,1-2H3. The first-order chi connectivity index (χ1) is 7.09. The van der Waals surface area contributed by atoms with Crippen molar-refractivity contribution in [2.75, 3.05) is 23.8 Å². The van der Waals surface area contributed by atoms with Crippen LogP contribution in [0.25, 0.3) is 0 Å². The summed E-state index contributed by atoms with van der Waals surface area (Å²) in [4.78, 5) is 2.18. The third-order valence-corrected chi connectivity index (χ3v) is 3.57. The minimum Gasteiger partial charge on any atom is -0.383 e. The number of benzene rings is 1. The van der Waals surface area contributed by atoms with Gasteiger partial charge in [0.15, 0.2) is 0 Å². The summed E-state index contributed by atoms with van der Waals surface area (Å²) in [5, 5.41) is 3.25. The van der Waals surface area contributed by atoms with Gasteiger partial charge in [-0.25, -0.2) is 4.39 Å². The molecular weight excluding hydrogens is 259 g/mol. The molecule has 1 aliphatic rings. The fourth-order valence-corrected chi connectivity index (χ4v) is 2.15.